The molecule has 2 aliphatic rings. The number of nitrogens with zero attached hydrogens (tertiary/aromatic N) is 2. The zero-order chi connectivity index (χ0) is 23.7. The number of anilines is 1. The number of halogens is 1. The van der Waals surface area contributed by atoms with Crippen molar-refractivity contribution in [3.05, 3.63) is 78.1 Å². The first-order valence-electron chi connectivity index (χ1n) is 11.8. The highest BCUT2D eigenvalue weighted by Gasteiger charge is 2.50. The Labute approximate surface area is 198 Å². The quantitative estimate of drug-likeness (QED) is 0.612. The Morgan fingerprint density at radius 2 is 1.82 bits per heavy atom. The van der Waals surface area contributed by atoms with E-state index in [2.05, 4.69) is 15.5 Å². The number of piperidine rings is 1. The van der Waals surface area contributed by atoms with Gasteiger partial charge in [-0.2, -0.15) is 0 Å². The van der Waals surface area contributed by atoms with E-state index in [-0.39, 0.29) is 23.7 Å². The fourth-order valence-electron chi connectivity index (χ4n) is 5.24. The van der Waals surface area contributed by atoms with Gasteiger partial charge in [-0.05, 0) is 60.9 Å². The second-order valence-electron chi connectivity index (χ2n) is 9.34. The minimum atomic E-state index is -0.651. The van der Waals surface area contributed by atoms with E-state index >= 15 is 0 Å². The van der Waals surface area contributed by atoms with E-state index in [9.17, 15) is 14.0 Å². The summed E-state index contributed by atoms with van der Waals surface area (Å²) in [6.45, 7) is 4.56. The molecule has 0 aliphatic carbocycles. The molecule has 2 N–H and O–H groups in total. The topological polar surface area (TPSA) is 64.7 Å². The lowest BCUT2D eigenvalue weighted by atomic mass is 9.85. The third-order valence-corrected chi connectivity index (χ3v) is 7.06. The maximum atomic E-state index is 13.8. The normalized spacial score (nSPS) is 18.8. The van der Waals surface area contributed by atoms with Gasteiger partial charge in [0.1, 0.15) is 11.4 Å². The largest absolute Gasteiger partial charge is 0.348 e. The van der Waals surface area contributed by atoms with Gasteiger partial charge in [-0.25, -0.2) is 4.39 Å². The molecule has 0 radical (unpaired) electrons. The first kappa shape index (κ1) is 22.3. The summed E-state index contributed by atoms with van der Waals surface area (Å²) < 4.78 is 13.8. The minimum absolute atomic E-state index is 0.00840. The minimum Gasteiger partial charge on any atom is -0.348 e. The van der Waals surface area contributed by atoms with Crippen molar-refractivity contribution < 1.29 is 14.0 Å². The standard InChI is InChI=1S/C27H29FN4O2/c1-19(30-25(33)22-10-9-20-5-2-3-6-21(20)15-22)17-31-13-11-27(12-14-31)26(34)29-18-32(27)24-8-4-7-23(28)16-24/h2-10,15-16,19H,11-14,17-18H2,1H3,(H,29,34)(H,30,33). The zero-order valence-electron chi connectivity index (χ0n) is 19.3. The molecular weight excluding hydrogens is 431 g/mol. The average molecular weight is 461 g/mol. The van der Waals surface area contributed by atoms with Crippen LogP contribution in [0.25, 0.3) is 10.8 Å². The van der Waals surface area contributed by atoms with E-state index in [0.717, 1.165) is 29.5 Å². The van der Waals surface area contributed by atoms with Gasteiger partial charge < -0.3 is 20.4 Å². The van der Waals surface area contributed by atoms with Crippen LogP contribution in [0.15, 0.2) is 66.7 Å². The van der Waals surface area contributed by atoms with Gasteiger partial charge in [0.05, 0.1) is 6.67 Å². The predicted octanol–water partition coefficient (Wildman–Crippen LogP) is 3.53. The smallest absolute Gasteiger partial charge is 0.251 e. The predicted molar refractivity (Wildman–Crippen MR) is 131 cm³/mol. The van der Waals surface area contributed by atoms with Gasteiger partial charge in [0, 0.05) is 36.9 Å². The van der Waals surface area contributed by atoms with Crippen molar-refractivity contribution in [1.29, 1.82) is 0 Å². The van der Waals surface area contributed by atoms with Crippen LogP contribution in [0.2, 0.25) is 0 Å². The lowest BCUT2D eigenvalue weighted by Crippen LogP contribution is -2.57. The molecule has 7 heteroatoms. The summed E-state index contributed by atoms with van der Waals surface area (Å²) in [5, 5.41) is 8.21. The first-order chi connectivity index (χ1) is 16.4. The Kier molecular flexibility index (Phi) is 5.96. The van der Waals surface area contributed by atoms with Crippen LogP contribution in [0.4, 0.5) is 10.1 Å². The number of benzene rings is 3. The fourth-order valence-corrected chi connectivity index (χ4v) is 5.24. The zero-order valence-corrected chi connectivity index (χ0v) is 19.3. The Balaban J connectivity index is 1.20. The van der Waals surface area contributed by atoms with Gasteiger partial charge in [-0.1, -0.05) is 36.4 Å². The summed E-state index contributed by atoms with van der Waals surface area (Å²) in [4.78, 5) is 29.9. The van der Waals surface area contributed by atoms with Crippen LogP contribution in [0.3, 0.4) is 0 Å². The van der Waals surface area contributed by atoms with E-state index in [1.807, 2.05) is 60.4 Å². The molecule has 1 spiro atoms. The van der Waals surface area contributed by atoms with Gasteiger partial charge in [0.2, 0.25) is 5.91 Å². The van der Waals surface area contributed by atoms with E-state index in [1.54, 1.807) is 6.07 Å². The lowest BCUT2D eigenvalue weighted by Gasteiger charge is -2.43. The highest BCUT2D eigenvalue weighted by molar-refractivity contribution is 5.98. The first-order valence-corrected chi connectivity index (χ1v) is 11.8. The van der Waals surface area contributed by atoms with Crippen LogP contribution in [0, 0.1) is 5.82 Å². The van der Waals surface area contributed by atoms with Gasteiger partial charge in [-0.3, -0.25) is 9.59 Å². The molecule has 0 bridgehead atoms. The molecule has 5 rings (SSSR count). The summed E-state index contributed by atoms with van der Waals surface area (Å²) in [5.41, 5.74) is 0.723. The second-order valence-corrected chi connectivity index (χ2v) is 9.34. The third-order valence-electron chi connectivity index (χ3n) is 7.06. The molecular formula is C27H29FN4O2. The Bertz CT molecular complexity index is 1220. The van der Waals surface area contributed by atoms with Crippen molar-refractivity contribution in [3.63, 3.8) is 0 Å². The Morgan fingerprint density at radius 3 is 2.59 bits per heavy atom. The molecule has 2 saturated heterocycles. The molecule has 1 atom stereocenters. The Hall–Kier alpha value is -3.45. The average Bonchev–Trinajstić information content (AvgIpc) is 3.15. The summed E-state index contributed by atoms with van der Waals surface area (Å²) in [6.07, 6.45) is 1.31. The lowest BCUT2D eigenvalue weighted by molar-refractivity contribution is -0.125. The summed E-state index contributed by atoms with van der Waals surface area (Å²) in [5.74, 6) is -0.381. The van der Waals surface area contributed by atoms with Gasteiger partial charge >= 0.3 is 0 Å². The third kappa shape index (κ3) is 4.23. The van der Waals surface area contributed by atoms with E-state index in [1.165, 1.54) is 12.1 Å². The maximum Gasteiger partial charge on any atom is 0.251 e. The van der Waals surface area contributed by atoms with Gasteiger partial charge in [0.15, 0.2) is 0 Å². The van der Waals surface area contributed by atoms with Crippen LogP contribution in [-0.2, 0) is 4.79 Å². The number of carbonyl (C=O) groups excluding carboxylic acids is 2. The van der Waals surface area contributed by atoms with Crippen molar-refractivity contribution in [2.24, 2.45) is 0 Å². The molecule has 6 nitrogen and oxygen atoms in total. The summed E-state index contributed by atoms with van der Waals surface area (Å²) in [6, 6.07) is 20.1. The van der Waals surface area contributed by atoms with Crippen molar-refractivity contribution >= 4 is 28.3 Å². The molecule has 34 heavy (non-hydrogen) atoms. The van der Waals surface area contributed by atoms with E-state index in [4.69, 9.17) is 0 Å². The number of rotatable bonds is 5. The van der Waals surface area contributed by atoms with Crippen LogP contribution in [0.1, 0.15) is 30.1 Å². The van der Waals surface area contributed by atoms with Crippen molar-refractivity contribution in [2.45, 2.75) is 31.3 Å². The monoisotopic (exact) mass is 460 g/mol. The molecule has 1 unspecified atom stereocenters. The van der Waals surface area contributed by atoms with Crippen LogP contribution in [0.5, 0.6) is 0 Å². The van der Waals surface area contributed by atoms with Crippen LogP contribution in [-0.4, -0.2) is 54.6 Å². The number of nitrogens with one attached hydrogen (secondary N) is 2. The van der Waals surface area contributed by atoms with E-state index in [0.29, 0.717) is 31.6 Å². The van der Waals surface area contributed by atoms with Crippen molar-refractivity contribution in [1.82, 2.24) is 15.5 Å². The molecule has 2 amide bonds. The number of amides is 2. The molecule has 2 aliphatic heterocycles. The Morgan fingerprint density at radius 1 is 1.06 bits per heavy atom. The van der Waals surface area contributed by atoms with Crippen LogP contribution < -0.4 is 15.5 Å². The number of hydrogen-bond donors (Lipinski definition) is 2. The van der Waals surface area contributed by atoms with Crippen molar-refractivity contribution in [2.75, 3.05) is 31.2 Å². The number of carbonyl (C=O) groups is 2. The summed E-state index contributed by atoms with van der Waals surface area (Å²) >= 11 is 0. The SMILES string of the molecule is CC(CN1CCC2(CC1)C(=O)NCN2c1cccc(F)c1)NC(=O)c1ccc2ccccc2c1. The van der Waals surface area contributed by atoms with Gasteiger partial charge in [0.25, 0.3) is 5.91 Å². The maximum absolute atomic E-state index is 13.8. The number of fused-ring (bicyclic) bond motifs is 1. The highest BCUT2D eigenvalue weighted by Crippen LogP contribution is 2.36. The molecule has 0 aromatic heterocycles. The molecule has 3 aromatic carbocycles. The second kappa shape index (κ2) is 9.06. The molecule has 176 valence electrons. The van der Waals surface area contributed by atoms with Crippen LogP contribution >= 0.6 is 0 Å². The fraction of sp³-hybridized carbons (Fsp3) is 0.333. The van der Waals surface area contributed by atoms with E-state index < -0.39 is 5.54 Å². The molecule has 2 heterocycles. The number of likely N-dealkylation sites (tertiary alicyclic amines) is 1. The molecule has 2 fully saturated rings. The molecule has 3 aromatic rings. The van der Waals surface area contributed by atoms with Crippen molar-refractivity contribution in [3.8, 4) is 0 Å². The molecule has 0 saturated carbocycles. The summed E-state index contributed by atoms with van der Waals surface area (Å²) in [7, 11) is 0. The highest BCUT2D eigenvalue weighted by atomic mass is 19.1. The van der Waals surface area contributed by atoms with Gasteiger partial charge in [-0.15, -0.1) is 0 Å². The number of hydrogen-bond acceptors (Lipinski definition) is 4.